The molecule has 0 bridgehead atoms. The van der Waals surface area contributed by atoms with Gasteiger partial charge in [-0.2, -0.15) is 4.98 Å². The van der Waals surface area contributed by atoms with E-state index in [2.05, 4.69) is 4.98 Å². The quantitative estimate of drug-likeness (QED) is 0.758. The summed E-state index contributed by atoms with van der Waals surface area (Å²) in [6.07, 6.45) is 1.33. The van der Waals surface area contributed by atoms with Crippen LogP contribution in [0.15, 0.2) is 0 Å². The minimum absolute atomic E-state index is 0.0101. The highest BCUT2D eigenvalue weighted by Crippen LogP contribution is 2.35. The highest BCUT2D eigenvalue weighted by Gasteiger charge is 2.40. The number of rotatable bonds is 4. The molecular weight excluding hydrogens is 388 g/mol. The molecule has 10 heteroatoms. The maximum atomic E-state index is 13.0. The number of amides is 2. The maximum Gasteiger partial charge on any atom is 0.326 e. The van der Waals surface area contributed by atoms with E-state index in [-0.39, 0.29) is 17.9 Å². The number of hydrogen-bond acceptors (Lipinski definition) is 7. The SMILES string of the molecule is CC(=O)N1CCN(c2nc3c(c(N4CCCC4C(=O)O)n2)CN(C(C)C)C3=O)CC1. The molecule has 10 nitrogen and oxygen atoms in total. The van der Waals surface area contributed by atoms with E-state index in [9.17, 15) is 19.5 Å². The van der Waals surface area contributed by atoms with Gasteiger partial charge in [0, 0.05) is 51.3 Å². The van der Waals surface area contributed by atoms with Crippen molar-refractivity contribution in [2.75, 3.05) is 42.5 Å². The predicted molar refractivity (Wildman–Crippen MR) is 110 cm³/mol. The van der Waals surface area contributed by atoms with Crippen LogP contribution in [0.1, 0.15) is 49.7 Å². The maximum absolute atomic E-state index is 13.0. The fourth-order valence-electron chi connectivity index (χ4n) is 4.46. The molecule has 3 aliphatic heterocycles. The number of carboxylic acid groups (broad SMARTS) is 1. The van der Waals surface area contributed by atoms with E-state index in [1.54, 1.807) is 16.7 Å². The second-order valence-corrected chi connectivity index (χ2v) is 8.38. The van der Waals surface area contributed by atoms with E-state index in [1.165, 1.54) is 0 Å². The molecule has 0 saturated carbocycles. The summed E-state index contributed by atoms with van der Waals surface area (Å²) >= 11 is 0. The molecule has 0 radical (unpaired) electrons. The number of aliphatic carboxylic acids is 1. The largest absolute Gasteiger partial charge is 0.480 e. The molecule has 1 N–H and O–H groups in total. The molecule has 1 unspecified atom stereocenters. The molecule has 1 aromatic heterocycles. The first-order valence-corrected chi connectivity index (χ1v) is 10.5. The van der Waals surface area contributed by atoms with Crippen LogP contribution in [0.2, 0.25) is 0 Å². The van der Waals surface area contributed by atoms with Crippen LogP contribution in [0.25, 0.3) is 0 Å². The van der Waals surface area contributed by atoms with Gasteiger partial charge in [0.15, 0.2) is 0 Å². The number of hydrogen-bond donors (Lipinski definition) is 1. The molecule has 4 heterocycles. The highest BCUT2D eigenvalue weighted by atomic mass is 16.4. The second-order valence-electron chi connectivity index (χ2n) is 8.38. The van der Waals surface area contributed by atoms with Crippen molar-refractivity contribution < 1.29 is 19.5 Å². The van der Waals surface area contributed by atoms with Crippen molar-refractivity contribution in [1.82, 2.24) is 19.8 Å². The molecule has 3 aliphatic rings. The van der Waals surface area contributed by atoms with Crippen LogP contribution in [0.3, 0.4) is 0 Å². The summed E-state index contributed by atoms with van der Waals surface area (Å²) in [6.45, 7) is 8.72. The Balaban J connectivity index is 1.73. The van der Waals surface area contributed by atoms with Crippen LogP contribution in [0.5, 0.6) is 0 Å². The van der Waals surface area contributed by atoms with E-state index < -0.39 is 12.0 Å². The first kappa shape index (κ1) is 20.4. The molecule has 1 aromatic rings. The zero-order valence-corrected chi connectivity index (χ0v) is 17.7. The van der Waals surface area contributed by atoms with Gasteiger partial charge in [0.05, 0.1) is 6.54 Å². The normalized spacial score (nSPS) is 21.6. The number of carbonyl (C=O) groups excluding carboxylic acids is 2. The summed E-state index contributed by atoms with van der Waals surface area (Å²) in [7, 11) is 0. The van der Waals surface area contributed by atoms with Crippen LogP contribution < -0.4 is 9.80 Å². The summed E-state index contributed by atoms with van der Waals surface area (Å²) < 4.78 is 0. The molecular formula is C20H28N6O4. The Morgan fingerprint density at radius 3 is 2.40 bits per heavy atom. The zero-order chi connectivity index (χ0) is 21.6. The number of anilines is 2. The van der Waals surface area contributed by atoms with Crippen LogP contribution in [-0.2, 0) is 16.1 Å². The van der Waals surface area contributed by atoms with E-state index in [4.69, 9.17) is 4.98 Å². The Morgan fingerprint density at radius 1 is 1.10 bits per heavy atom. The molecule has 0 aromatic carbocycles. The van der Waals surface area contributed by atoms with Gasteiger partial charge >= 0.3 is 5.97 Å². The van der Waals surface area contributed by atoms with E-state index in [0.717, 1.165) is 6.42 Å². The van der Waals surface area contributed by atoms with Crippen molar-refractivity contribution >= 4 is 29.5 Å². The summed E-state index contributed by atoms with van der Waals surface area (Å²) in [4.78, 5) is 53.1. The van der Waals surface area contributed by atoms with Gasteiger partial charge in [-0.25, -0.2) is 9.78 Å². The van der Waals surface area contributed by atoms with Crippen molar-refractivity contribution in [2.45, 2.75) is 52.2 Å². The van der Waals surface area contributed by atoms with Crippen molar-refractivity contribution in [3.05, 3.63) is 11.3 Å². The zero-order valence-electron chi connectivity index (χ0n) is 17.7. The number of nitrogens with zero attached hydrogens (tertiary/aromatic N) is 6. The standard InChI is InChI=1S/C20H28N6O4/c1-12(2)26-11-14-16(18(26)28)21-20(24-9-7-23(8-10-24)13(3)27)22-17(14)25-6-4-5-15(25)19(29)30/h12,15H,4-11H2,1-3H3,(H,29,30). The van der Waals surface area contributed by atoms with Crippen LogP contribution in [0.4, 0.5) is 11.8 Å². The van der Waals surface area contributed by atoms with Crippen molar-refractivity contribution in [2.24, 2.45) is 0 Å². The summed E-state index contributed by atoms with van der Waals surface area (Å²) in [5.41, 5.74) is 1.08. The second kappa shape index (κ2) is 7.73. The molecule has 1 atom stereocenters. The summed E-state index contributed by atoms with van der Waals surface area (Å²) in [5, 5.41) is 9.67. The van der Waals surface area contributed by atoms with Crippen LogP contribution >= 0.6 is 0 Å². The Morgan fingerprint density at radius 2 is 1.80 bits per heavy atom. The molecule has 4 rings (SSSR count). The van der Waals surface area contributed by atoms with Gasteiger partial charge in [0.2, 0.25) is 11.9 Å². The molecule has 0 aliphatic carbocycles. The molecule has 2 saturated heterocycles. The topological polar surface area (TPSA) is 110 Å². The fraction of sp³-hybridized carbons (Fsp3) is 0.650. The number of carboxylic acids is 1. The fourth-order valence-corrected chi connectivity index (χ4v) is 4.46. The number of carbonyl (C=O) groups is 3. The lowest BCUT2D eigenvalue weighted by atomic mass is 10.2. The third-order valence-electron chi connectivity index (χ3n) is 6.21. The van der Waals surface area contributed by atoms with Gasteiger partial charge in [-0.05, 0) is 26.7 Å². The number of piperazine rings is 1. The van der Waals surface area contributed by atoms with Gasteiger partial charge in [0.25, 0.3) is 5.91 Å². The smallest absolute Gasteiger partial charge is 0.326 e. The van der Waals surface area contributed by atoms with Gasteiger partial charge in [-0.1, -0.05) is 0 Å². The minimum atomic E-state index is -0.874. The van der Waals surface area contributed by atoms with E-state index in [1.807, 2.05) is 23.6 Å². The average Bonchev–Trinajstić information content (AvgIpc) is 3.33. The molecule has 2 amide bonds. The molecule has 30 heavy (non-hydrogen) atoms. The lowest BCUT2D eigenvalue weighted by Gasteiger charge is -2.35. The first-order valence-electron chi connectivity index (χ1n) is 10.5. The Bertz CT molecular complexity index is 880. The average molecular weight is 416 g/mol. The Labute approximate surface area is 175 Å². The van der Waals surface area contributed by atoms with Gasteiger partial charge in [0.1, 0.15) is 17.6 Å². The number of fused-ring (bicyclic) bond motifs is 1. The lowest BCUT2D eigenvalue weighted by molar-refractivity contribution is -0.138. The van der Waals surface area contributed by atoms with Crippen molar-refractivity contribution in [1.29, 1.82) is 0 Å². The Kier molecular flexibility index (Phi) is 5.25. The third-order valence-corrected chi connectivity index (χ3v) is 6.21. The highest BCUT2D eigenvalue weighted by molar-refractivity contribution is 5.98. The molecule has 162 valence electrons. The summed E-state index contributed by atoms with van der Waals surface area (Å²) in [5.74, 6) is 0.0153. The van der Waals surface area contributed by atoms with Crippen molar-refractivity contribution in [3.63, 3.8) is 0 Å². The predicted octanol–water partition coefficient (Wildman–Crippen LogP) is 0.563. The van der Waals surface area contributed by atoms with Gasteiger partial charge in [-0.15, -0.1) is 0 Å². The Hall–Kier alpha value is -2.91. The lowest BCUT2D eigenvalue weighted by Crippen LogP contribution is -2.48. The van der Waals surface area contributed by atoms with Crippen LogP contribution in [-0.4, -0.2) is 87.5 Å². The first-order chi connectivity index (χ1) is 14.3. The van der Waals surface area contributed by atoms with Crippen molar-refractivity contribution in [3.8, 4) is 0 Å². The van der Waals surface area contributed by atoms with Crippen LogP contribution in [0, 0.1) is 0 Å². The van der Waals surface area contributed by atoms with E-state index >= 15 is 0 Å². The monoisotopic (exact) mass is 416 g/mol. The molecule has 2 fully saturated rings. The third kappa shape index (κ3) is 3.44. The molecule has 0 spiro atoms. The summed E-state index contributed by atoms with van der Waals surface area (Å²) in [6, 6.07) is -0.634. The number of aromatic nitrogens is 2. The van der Waals surface area contributed by atoms with E-state index in [0.29, 0.717) is 68.7 Å². The minimum Gasteiger partial charge on any atom is -0.480 e. The van der Waals surface area contributed by atoms with Gasteiger partial charge in [-0.3, -0.25) is 9.59 Å². The van der Waals surface area contributed by atoms with Gasteiger partial charge < -0.3 is 24.7 Å².